The van der Waals surface area contributed by atoms with E-state index in [2.05, 4.69) is 67.8 Å². The van der Waals surface area contributed by atoms with Crippen molar-refractivity contribution in [2.24, 2.45) is 0 Å². The molecule has 1 heterocycles. The molecule has 1 fully saturated rings. The Balaban J connectivity index is 2.16. The summed E-state index contributed by atoms with van der Waals surface area (Å²) in [7, 11) is 0. The third-order valence-electron chi connectivity index (χ3n) is 3.60. The molecule has 19 heavy (non-hydrogen) atoms. The van der Waals surface area contributed by atoms with Crippen LogP contribution in [-0.4, -0.2) is 32.2 Å². The maximum atomic E-state index is 5.54. The summed E-state index contributed by atoms with van der Waals surface area (Å²) in [5.74, 6) is 0.986. The van der Waals surface area contributed by atoms with Gasteiger partial charge < -0.3 is 4.90 Å². The zero-order valence-corrected chi connectivity index (χ0v) is 13.7. The Kier molecular flexibility index (Phi) is 4.54. The van der Waals surface area contributed by atoms with Gasteiger partial charge in [0.25, 0.3) is 0 Å². The van der Waals surface area contributed by atoms with Crippen LogP contribution in [-0.2, 0) is 0 Å². The smallest absolute Gasteiger partial charge is 0.139 e. The summed E-state index contributed by atoms with van der Waals surface area (Å²) in [6, 6.07) is 10.9. The number of hydrogen-bond donors (Lipinski definition) is 0. The second-order valence-electron chi connectivity index (χ2n) is 5.95. The van der Waals surface area contributed by atoms with E-state index in [0.29, 0.717) is 6.04 Å². The molecule has 1 atom stereocenters. The Labute approximate surface area is 126 Å². The van der Waals surface area contributed by atoms with E-state index >= 15 is 0 Å². The van der Waals surface area contributed by atoms with Crippen LogP contribution in [0.15, 0.2) is 30.3 Å². The predicted octanol–water partition coefficient (Wildman–Crippen LogP) is 4.10. The molecule has 0 N–H and O–H groups in total. The first kappa shape index (κ1) is 14.8. The highest BCUT2D eigenvalue weighted by Crippen LogP contribution is 2.31. The fraction of sp³-hybridized carbons (Fsp3) is 0.533. The molecule has 0 radical (unpaired) electrons. The van der Waals surface area contributed by atoms with E-state index in [4.69, 9.17) is 12.2 Å². The molecule has 0 bridgehead atoms. The summed E-state index contributed by atoms with van der Waals surface area (Å²) < 4.78 is 1.01. The zero-order chi connectivity index (χ0) is 14.0. The van der Waals surface area contributed by atoms with E-state index in [0.717, 1.165) is 16.9 Å². The average Bonchev–Trinajstić information content (AvgIpc) is 2.38. The first-order valence-electron chi connectivity index (χ1n) is 6.63. The van der Waals surface area contributed by atoms with E-state index in [1.54, 1.807) is 11.8 Å². The Morgan fingerprint density at radius 2 is 1.84 bits per heavy atom. The molecule has 2 rings (SSSR count). The van der Waals surface area contributed by atoms with Gasteiger partial charge in [0, 0.05) is 5.54 Å². The molecule has 0 saturated carbocycles. The van der Waals surface area contributed by atoms with Crippen molar-refractivity contribution in [2.75, 3.05) is 12.5 Å². The predicted molar refractivity (Wildman–Crippen MR) is 88.2 cm³/mol. The van der Waals surface area contributed by atoms with Crippen molar-refractivity contribution < 1.29 is 0 Å². The Morgan fingerprint density at radius 3 is 2.42 bits per heavy atom. The first-order chi connectivity index (χ1) is 8.89. The van der Waals surface area contributed by atoms with Gasteiger partial charge in [-0.1, -0.05) is 54.3 Å². The van der Waals surface area contributed by atoms with Gasteiger partial charge in [-0.25, -0.2) is 0 Å². The molecule has 4 heteroatoms. The van der Waals surface area contributed by atoms with E-state index in [-0.39, 0.29) is 5.54 Å². The molecular weight excluding hydrogens is 272 g/mol. The normalized spacial score (nSPS) is 19.6. The van der Waals surface area contributed by atoms with Gasteiger partial charge in [-0.15, -0.1) is 0 Å². The van der Waals surface area contributed by atoms with Gasteiger partial charge in [-0.3, -0.25) is 4.90 Å². The fourth-order valence-corrected chi connectivity index (χ4v) is 3.59. The summed E-state index contributed by atoms with van der Waals surface area (Å²) in [6.07, 6.45) is 0. The maximum Gasteiger partial charge on any atom is 0.139 e. The lowest BCUT2D eigenvalue weighted by atomic mass is 10.1. The second kappa shape index (κ2) is 5.81. The molecule has 0 aromatic heterocycles. The van der Waals surface area contributed by atoms with Gasteiger partial charge in [-0.2, -0.15) is 0 Å². The molecule has 104 valence electrons. The highest BCUT2D eigenvalue weighted by Gasteiger charge is 2.31. The van der Waals surface area contributed by atoms with Gasteiger partial charge >= 0.3 is 0 Å². The summed E-state index contributed by atoms with van der Waals surface area (Å²) in [5.41, 5.74) is 1.50. The number of nitrogens with zero attached hydrogens (tertiary/aromatic N) is 2. The van der Waals surface area contributed by atoms with Crippen molar-refractivity contribution in [2.45, 2.75) is 39.3 Å². The molecule has 1 aliphatic heterocycles. The second-order valence-corrected chi connectivity index (χ2v) is 7.53. The van der Waals surface area contributed by atoms with Crippen molar-refractivity contribution in [1.29, 1.82) is 0 Å². The van der Waals surface area contributed by atoms with Crippen LogP contribution >= 0.6 is 24.0 Å². The number of thioether (sulfide) groups is 1. The first-order valence-corrected chi connectivity index (χ1v) is 8.02. The summed E-state index contributed by atoms with van der Waals surface area (Å²) in [6.45, 7) is 9.91. The van der Waals surface area contributed by atoms with Crippen LogP contribution in [0, 0.1) is 0 Å². The monoisotopic (exact) mass is 294 g/mol. The lowest BCUT2D eigenvalue weighted by molar-refractivity contribution is 0.0938. The number of thiocarbonyl (C=S) groups is 1. The topological polar surface area (TPSA) is 6.48 Å². The standard InChI is InChI=1S/C15H22N2S2/c1-12(13-8-6-5-7-9-13)17-10-16(15(2,3)4)11-19-14(17)18/h5-9,12H,10-11H2,1-4H3. The van der Waals surface area contributed by atoms with Gasteiger partial charge in [0.15, 0.2) is 0 Å². The third kappa shape index (κ3) is 3.50. The highest BCUT2D eigenvalue weighted by atomic mass is 32.2. The average molecular weight is 294 g/mol. The Hall–Kier alpha value is -0.580. The van der Waals surface area contributed by atoms with Gasteiger partial charge in [0.05, 0.1) is 18.6 Å². The maximum absolute atomic E-state index is 5.54. The number of hydrogen-bond acceptors (Lipinski definition) is 3. The molecule has 0 spiro atoms. The van der Waals surface area contributed by atoms with Crippen LogP contribution in [0.5, 0.6) is 0 Å². The van der Waals surface area contributed by atoms with Crippen LogP contribution in [0.25, 0.3) is 0 Å². The molecular formula is C15H22N2S2. The van der Waals surface area contributed by atoms with Crippen molar-refractivity contribution >= 4 is 28.3 Å². The van der Waals surface area contributed by atoms with Crippen LogP contribution in [0.3, 0.4) is 0 Å². The van der Waals surface area contributed by atoms with E-state index in [9.17, 15) is 0 Å². The fourth-order valence-electron chi connectivity index (χ4n) is 2.10. The van der Waals surface area contributed by atoms with Crippen molar-refractivity contribution in [3.8, 4) is 0 Å². The molecule has 1 aliphatic rings. The van der Waals surface area contributed by atoms with Crippen LogP contribution in [0.2, 0.25) is 0 Å². The van der Waals surface area contributed by atoms with Crippen LogP contribution in [0.4, 0.5) is 0 Å². The van der Waals surface area contributed by atoms with Crippen LogP contribution < -0.4 is 0 Å². The van der Waals surface area contributed by atoms with E-state index in [1.165, 1.54) is 5.56 Å². The highest BCUT2D eigenvalue weighted by molar-refractivity contribution is 8.22. The summed E-state index contributed by atoms with van der Waals surface area (Å²) in [4.78, 5) is 4.79. The van der Waals surface area contributed by atoms with Gasteiger partial charge in [-0.05, 0) is 33.3 Å². The van der Waals surface area contributed by atoms with E-state index in [1.807, 2.05) is 0 Å². The minimum atomic E-state index is 0.178. The van der Waals surface area contributed by atoms with Gasteiger partial charge in [0.1, 0.15) is 4.32 Å². The lowest BCUT2D eigenvalue weighted by Crippen LogP contribution is -2.52. The molecule has 1 aromatic carbocycles. The summed E-state index contributed by atoms with van der Waals surface area (Å²) in [5, 5.41) is 0. The Bertz CT molecular complexity index is 439. The zero-order valence-electron chi connectivity index (χ0n) is 12.1. The van der Waals surface area contributed by atoms with Crippen molar-refractivity contribution in [3.63, 3.8) is 0 Å². The Morgan fingerprint density at radius 1 is 1.21 bits per heavy atom. The van der Waals surface area contributed by atoms with Crippen molar-refractivity contribution in [1.82, 2.24) is 9.80 Å². The lowest BCUT2D eigenvalue weighted by Gasteiger charge is -2.45. The van der Waals surface area contributed by atoms with Crippen LogP contribution in [0.1, 0.15) is 39.3 Å². The molecule has 0 aliphatic carbocycles. The minimum Gasteiger partial charge on any atom is -0.338 e. The SMILES string of the molecule is CC(c1ccccc1)N1CN(C(C)(C)C)CSC1=S. The largest absolute Gasteiger partial charge is 0.338 e. The molecule has 1 saturated heterocycles. The molecule has 1 aromatic rings. The molecule has 1 unspecified atom stereocenters. The molecule has 0 amide bonds. The third-order valence-corrected chi connectivity index (χ3v) is 5.11. The number of rotatable bonds is 2. The quantitative estimate of drug-likeness (QED) is 0.757. The molecule has 2 nitrogen and oxygen atoms in total. The van der Waals surface area contributed by atoms with Crippen molar-refractivity contribution in [3.05, 3.63) is 35.9 Å². The minimum absolute atomic E-state index is 0.178. The van der Waals surface area contributed by atoms with Gasteiger partial charge in [0.2, 0.25) is 0 Å². The number of benzene rings is 1. The van der Waals surface area contributed by atoms with E-state index < -0.39 is 0 Å². The summed E-state index contributed by atoms with van der Waals surface area (Å²) >= 11 is 7.31.